The molecule has 0 amide bonds. The van der Waals surface area contributed by atoms with Gasteiger partial charge < -0.3 is 4.74 Å². The van der Waals surface area contributed by atoms with E-state index in [2.05, 4.69) is 0 Å². The van der Waals surface area contributed by atoms with E-state index in [0.717, 1.165) is 0 Å². The summed E-state index contributed by atoms with van der Waals surface area (Å²) in [6.45, 7) is 0. The highest BCUT2D eigenvalue weighted by molar-refractivity contribution is 5.99. The molecule has 1 radical (unpaired) electrons. The van der Waals surface area contributed by atoms with Crippen molar-refractivity contribution in [3.05, 3.63) is 29.8 Å². The first-order valence-corrected chi connectivity index (χ1v) is 3.72. The van der Waals surface area contributed by atoms with Gasteiger partial charge in [0.05, 0.1) is 12.0 Å². The lowest BCUT2D eigenvalue weighted by Crippen LogP contribution is -2.24. The molecule has 0 saturated carbocycles. The van der Waals surface area contributed by atoms with Crippen molar-refractivity contribution >= 4 is 5.78 Å². The van der Waals surface area contributed by atoms with Crippen LogP contribution in [0.5, 0.6) is 5.75 Å². The van der Waals surface area contributed by atoms with E-state index < -0.39 is 6.29 Å². The van der Waals surface area contributed by atoms with Crippen molar-refractivity contribution in [1.82, 2.24) is 0 Å². The molecule has 0 spiro atoms. The molecule has 0 aromatic heterocycles. The Morgan fingerprint density at radius 2 is 2.08 bits per heavy atom. The molecule has 2 rings (SSSR count). The van der Waals surface area contributed by atoms with E-state index >= 15 is 0 Å². The van der Waals surface area contributed by atoms with Crippen LogP contribution in [-0.4, -0.2) is 12.1 Å². The van der Waals surface area contributed by atoms with E-state index in [-0.39, 0.29) is 12.2 Å². The fraction of sp³-hybridized carbons (Fsp3) is 0.222. The number of benzene rings is 1. The largest absolute Gasteiger partial charge is 0.461 e. The van der Waals surface area contributed by atoms with Gasteiger partial charge >= 0.3 is 0 Å². The molecule has 1 aromatic carbocycles. The molecule has 12 heavy (non-hydrogen) atoms. The smallest absolute Gasteiger partial charge is 0.238 e. The summed E-state index contributed by atoms with van der Waals surface area (Å²) >= 11 is 0. The van der Waals surface area contributed by atoms with Crippen LogP contribution in [-0.2, 0) is 5.11 Å². The van der Waals surface area contributed by atoms with Crippen molar-refractivity contribution < 1.29 is 14.6 Å². The third-order valence-corrected chi connectivity index (χ3v) is 1.80. The third kappa shape index (κ3) is 1.08. The Hall–Kier alpha value is -1.35. The Bertz CT molecular complexity index is 319. The van der Waals surface area contributed by atoms with Gasteiger partial charge in [-0.2, -0.15) is 5.11 Å². The summed E-state index contributed by atoms with van der Waals surface area (Å²) in [6, 6.07) is 6.80. The minimum absolute atomic E-state index is 0.0585. The molecule has 1 atom stereocenters. The van der Waals surface area contributed by atoms with Crippen molar-refractivity contribution in [3.63, 3.8) is 0 Å². The van der Waals surface area contributed by atoms with Crippen LogP contribution in [0.15, 0.2) is 24.3 Å². The van der Waals surface area contributed by atoms with E-state index in [1.54, 1.807) is 24.3 Å². The number of hydrogen-bond acceptors (Lipinski definition) is 2. The number of para-hydroxylation sites is 1. The van der Waals surface area contributed by atoms with Crippen molar-refractivity contribution in [1.29, 1.82) is 0 Å². The molecule has 1 aromatic rings. The maximum Gasteiger partial charge on any atom is 0.238 e. The van der Waals surface area contributed by atoms with Crippen LogP contribution in [0.1, 0.15) is 16.8 Å². The van der Waals surface area contributed by atoms with Crippen LogP contribution in [0.25, 0.3) is 0 Å². The third-order valence-electron chi connectivity index (χ3n) is 1.80. The van der Waals surface area contributed by atoms with Crippen LogP contribution >= 0.6 is 0 Å². The van der Waals surface area contributed by atoms with Gasteiger partial charge in [-0.05, 0) is 12.1 Å². The van der Waals surface area contributed by atoms with Gasteiger partial charge in [0.1, 0.15) is 5.75 Å². The van der Waals surface area contributed by atoms with Crippen molar-refractivity contribution in [3.8, 4) is 5.75 Å². The zero-order valence-corrected chi connectivity index (χ0v) is 6.32. The van der Waals surface area contributed by atoms with Gasteiger partial charge in [-0.25, -0.2) is 0 Å². The zero-order valence-electron chi connectivity index (χ0n) is 6.32. The molecule has 1 unspecified atom stereocenters. The zero-order chi connectivity index (χ0) is 8.55. The number of ketones is 1. The minimum atomic E-state index is -1.23. The number of rotatable bonds is 0. The maximum absolute atomic E-state index is 11.2. The monoisotopic (exact) mass is 163 g/mol. The standard InChI is InChI=1S/C9H7O3/c10-7-5-9(11)12-8-4-2-1-3-6(7)8/h1-4,9H,5H2. The van der Waals surface area contributed by atoms with Gasteiger partial charge in [-0.3, -0.25) is 4.79 Å². The molecule has 3 nitrogen and oxygen atoms in total. The summed E-state index contributed by atoms with van der Waals surface area (Å²) in [5.41, 5.74) is 0.518. The van der Waals surface area contributed by atoms with E-state index in [9.17, 15) is 9.90 Å². The van der Waals surface area contributed by atoms with Crippen LogP contribution in [0.4, 0.5) is 0 Å². The fourth-order valence-electron chi connectivity index (χ4n) is 1.24. The Kier molecular flexibility index (Phi) is 1.59. The van der Waals surface area contributed by atoms with Crippen LogP contribution in [0.2, 0.25) is 0 Å². The Morgan fingerprint density at radius 3 is 2.92 bits per heavy atom. The molecule has 1 heterocycles. The second kappa shape index (κ2) is 2.60. The van der Waals surface area contributed by atoms with Crippen LogP contribution in [0.3, 0.4) is 0 Å². The van der Waals surface area contributed by atoms with Gasteiger partial charge in [0.2, 0.25) is 6.29 Å². The first-order chi connectivity index (χ1) is 5.77. The Balaban J connectivity index is 2.47. The molecule has 0 N–H and O–H groups in total. The van der Waals surface area contributed by atoms with E-state index in [0.29, 0.717) is 11.3 Å². The predicted octanol–water partition coefficient (Wildman–Crippen LogP) is 1.41. The highest BCUT2D eigenvalue weighted by Crippen LogP contribution is 2.25. The van der Waals surface area contributed by atoms with Crippen LogP contribution in [0, 0.1) is 0 Å². The summed E-state index contributed by atoms with van der Waals surface area (Å²) in [7, 11) is 0. The van der Waals surface area contributed by atoms with Gasteiger partial charge in [0.25, 0.3) is 0 Å². The van der Waals surface area contributed by atoms with Gasteiger partial charge in [0, 0.05) is 0 Å². The highest BCUT2D eigenvalue weighted by Gasteiger charge is 2.24. The summed E-state index contributed by atoms with van der Waals surface area (Å²) in [5, 5.41) is 10.9. The molecule has 0 saturated heterocycles. The van der Waals surface area contributed by atoms with E-state index in [1.807, 2.05) is 0 Å². The molecule has 0 aliphatic carbocycles. The normalized spacial score (nSPS) is 21.4. The van der Waals surface area contributed by atoms with Gasteiger partial charge in [-0.15, -0.1) is 0 Å². The summed E-state index contributed by atoms with van der Waals surface area (Å²) in [4.78, 5) is 11.2. The average molecular weight is 163 g/mol. The second-order valence-corrected chi connectivity index (χ2v) is 2.67. The quantitative estimate of drug-likeness (QED) is 0.580. The predicted molar refractivity (Wildman–Crippen MR) is 40.5 cm³/mol. The molecule has 0 fully saturated rings. The lowest BCUT2D eigenvalue weighted by atomic mass is 10.0. The van der Waals surface area contributed by atoms with E-state index in [1.165, 1.54) is 0 Å². The van der Waals surface area contributed by atoms with Gasteiger partial charge in [0.15, 0.2) is 5.78 Å². The SMILES string of the molecule is [O]C1CC(=O)c2ccccc2O1. The maximum atomic E-state index is 11.2. The molecule has 1 aliphatic heterocycles. The Labute approximate surface area is 69.6 Å². The summed E-state index contributed by atoms with van der Waals surface area (Å²) in [5.74, 6) is 0.283. The highest BCUT2D eigenvalue weighted by atomic mass is 16.6. The average Bonchev–Trinajstić information content (AvgIpc) is 2.04. The minimum Gasteiger partial charge on any atom is -0.461 e. The number of hydrogen-bond donors (Lipinski definition) is 0. The van der Waals surface area contributed by atoms with Gasteiger partial charge in [-0.1, -0.05) is 12.1 Å². The molecule has 1 aliphatic rings. The first-order valence-electron chi connectivity index (χ1n) is 3.72. The second-order valence-electron chi connectivity index (χ2n) is 2.67. The molecule has 3 heteroatoms. The lowest BCUT2D eigenvalue weighted by Gasteiger charge is -2.18. The topological polar surface area (TPSA) is 46.2 Å². The molecular weight excluding hydrogens is 156 g/mol. The van der Waals surface area contributed by atoms with Crippen LogP contribution < -0.4 is 4.74 Å². The van der Waals surface area contributed by atoms with Crippen molar-refractivity contribution in [2.24, 2.45) is 0 Å². The number of fused-ring (bicyclic) bond motifs is 1. The first kappa shape index (κ1) is 7.31. The number of Topliss-reactive ketones (excluding diaryl/α,β-unsaturated/α-hetero) is 1. The summed E-state index contributed by atoms with van der Waals surface area (Å²) in [6.07, 6.45) is -1.29. The number of ether oxygens (including phenoxy) is 1. The molecule has 61 valence electrons. The summed E-state index contributed by atoms with van der Waals surface area (Å²) < 4.78 is 4.93. The fourth-order valence-corrected chi connectivity index (χ4v) is 1.24. The Morgan fingerprint density at radius 1 is 1.33 bits per heavy atom. The lowest BCUT2D eigenvalue weighted by molar-refractivity contribution is -0.0738. The number of carbonyl (C=O) groups excluding carboxylic acids is 1. The molecule has 0 bridgehead atoms. The van der Waals surface area contributed by atoms with E-state index in [4.69, 9.17) is 4.74 Å². The van der Waals surface area contributed by atoms with Crippen molar-refractivity contribution in [2.75, 3.05) is 0 Å². The van der Waals surface area contributed by atoms with Crippen molar-refractivity contribution in [2.45, 2.75) is 12.7 Å². The number of carbonyl (C=O) groups is 1. The molecular formula is C9H7O3.